The summed E-state index contributed by atoms with van der Waals surface area (Å²) >= 11 is 1.35. The number of ether oxygens (including phenoxy) is 2. The van der Waals surface area contributed by atoms with Crippen LogP contribution >= 0.6 is 11.8 Å². The Balaban J connectivity index is 1.98. The average molecular weight is 335 g/mol. The van der Waals surface area contributed by atoms with Crippen molar-refractivity contribution in [2.45, 2.75) is 20.8 Å². The van der Waals surface area contributed by atoms with Crippen molar-refractivity contribution in [3.05, 3.63) is 40.4 Å². The number of amides is 1. The molecular formula is C17H21NO4S. The fraction of sp³-hybridized carbons (Fsp3) is 0.412. The van der Waals surface area contributed by atoms with Crippen molar-refractivity contribution in [2.24, 2.45) is 0 Å². The Bertz CT molecular complexity index is 607. The van der Waals surface area contributed by atoms with Crippen LogP contribution in [0.15, 0.2) is 29.3 Å². The minimum atomic E-state index is -0.426. The van der Waals surface area contributed by atoms with Crippen molar-refractivity contribution in [3.8, 4) is 5.75 Å². The van der Waals surface area contributed by atoms with Crippen molar-refractivity contribution < 1.29 is 19.1 Å². The van der Waals surface area contributed by atoms with E-state index < -0.39 is 5.97 Å². The number of aryl methyl sites for hydroxylation is 2. The van der Waals surface area contributed by atoms with Crippen LogP contribution in [-0.2, 0) is 14.3 Å². The Morgan fingerprint density at radius 3 is 2.70 bits per heavy atom. The van der Waals surface area contributed by atoms with Crippen LogP contribution in [0, 0.1) is 13.8 Å². The number of benzene rings is 1. The zero-order valence-corrected chi connectivity index (χ0v) is 14.4. The van der Waals surface area contributed by atoms with Gasteiger partial charge >= 0.3 is 5.97 Å². The van der Waals surface area contributed by atoms with Crippen LogP contribution in [0.4, 0.5) is 0 Å². The van der Waals surface area contributed by atoms with E-state index in [0.29, 0.717) is 30.5 Å². The third-order valence-corrected chi connectivity index (χ3v) is 4.43. The molecule has 1 aliphatic heterocycles. The van der Waals surface area contributed by atoms with Gasteiger partial charge in [-0.15, -0.1) is 0 Å². The molecule has 23 heavy (non-hydrogen) atoms. The second-order valence-electron chi connectivity index (χ2n) is 5.14. The summed E-state index contributed by atoms with van der Waals surface area (Å²) in [4.78, 5) is 25.1. The molecule has 0 radical (unpaired) electrons. The molecule has 1 fully saturated rings. The minimum absolute atomic E-state index is 0.0179. The Kier molecular flexibility index (Phi) is 6.10. The maximum atomic E-state index is 12.0. The molecule has 0 N–H and O–H groups in total. The van der Waals surface area contributed by atoms with Crippen molar-refractivity contribution in [1.29, 1.82) is 0 Å². The molecule has 1 heterocycles. The first-order chi connectivity index (χ1) is 11.0. The second-order valence-corrected chi connectivity index (χ2v) is 6.13. The summed E-state index contributed by atoms with van der Waals surface area (Å²) in [5, 5.41) is 0.624. The van der Waals surface area contributed by atoms with E-state index in [1.807, 2.05) is 32.0 Å². The van der Waals surface area contributed by atoms with Crippen molar-refractivity contribution in [2.75, 3.05) is 25.5 Å². The summed E-state index contributed by atoms with van der Waals surface area (Å²) in [6, 6.07) is 5.97. The van der Waals surface area contributed by atoms with E-state index in [1.54, 1.807) is 11.8 Å². The molecule has 1 aromatic carbocycles. The fourth-order valence-corrected chi connectivity index (χ4v) is 3.28. The number of carbonyl (C=O) groups excluding carboxylic acids is 2. The highest BCUT2D eigenvalue weighted by molar-refractivity contribution is 8.04. The Hall–Kier alpha value is -1.95. The SMILES string of the molecule is CCOC(=O)/C=C1\SCC(=O)N1CCOc1c(C)cccc1C. The molecule has 1 amide bonds. The number of thioether (sulfide) groups is 1. The molecule has 1 aromatic rings. The molecule has 1 saturated heterocycles. The number of esters is 1. The molecule has 2 rings (SSSR count). The van der Waals surface area contributed by atoms with E-state index in [9.17, 15) is 9.59 Å². The van der Waals surface area contributed by atoms with E-state index in [2.05, 4.69) is 0 Å². The van der Waals surface area contributed by atoms with E-state index in [0.717, 1.165) is 16.9 Å². The third-order valence-electron chi connectivity index (χ3n) is 3.41. The van der Waals surface area contributed by atoms with E-state index in [-0.39, 0.29) is 5.91 Å². The van der Waals surface area contributed by atoms with Crippen molar-refractivity contribution in [3.63, 3.8) is 0 Å². The van der Waals surface area contributed by atoms with Gasteiger partial charge in [-0.2, -0.15) is 0 Å². The maximum Gasteiger partial charge on any atom is 0.333 e. The molecule has 124 valence electrons. The molecule has 0 saturated carbocycles. The molecule has 0 aliphatic carbocycles. The van der Waals surface area contributed by atoms with Gasteiger partial charge < -0.3 is 14.4 Å². The van der Waals surface area contributed by atoms with Gasteiger partial charge in [0.1, 0.15) is 12.4 Å². The van der Waals surface area contributed by atoms with Gasteiger partial charge in [-0.05, 0) is 31.9 Å². The number of para-hydroxylation sites is 1. The lowest BCUT2D eigenvalue weighted by molar-refractivity contribution is -0.137. The van der Waals surface area contributed by atoms with Crippen LogP contribution < -0.4 is 4.74 Å². The third kappa shape index (κ3) is 4.51. The number of rotatable bonds is 6. The van der Waals surface area contributed by atoms with E-state index in [1.165, 1.54) is 17.8 Å². The van der Waals surface area contributed by atoms with E-state index in [4.69, 9.17) is 9.47 Å². The van der Waals surface area contributed by atoms with Gasteiger partial charge in [-0.25, -0.2) is 4.79 Å². The Morgan fingerprint density at radius 2 is 2.04 bits per heavy atom. The summed E-state index contributed by atoms with van der Waals surface area (Å²) in [6.07, 6.45) is 1.37. The maximum absolute atomic E-state index is 12.0. The summed E-state index contributed by atoms with van der Waals surface area (Å²) in [7, 11) is 0. The molecule has 0 unspecified atom stereocenters. The lowest BCUT2D eigenvalue weighted by Gasteiger charge is -2.18. The first-order valence-electron chi connectivity index (χ1n) is 7.53. The molecule has 0 aromatic heterocycles. The van der Waals surface area contributed by atoms with Crippen molar-refractivity contribution in [1.82, 2.24) is 4.90 Å². The largest absolute Gasteiger partial charge is 0.491 e. The molecule has 0 bridgehead atoms. The van der Waals surface area contributed by atoms with Gasteiger partial charge in [0.05, 0.1) is 30.0 Å². The zero-order valence-electron chi connectivity index (χ0n) is 13.6. The normalized spacial score (nSPS) is 16.0. The summed E-state index contributed by atoms with van der Waals surface area (Å²) < 4.78 is 10.7. The number of hydrogen-bond donors (Lipinski definition) is 0. The lowest BCUT2D eigenvalue weighted by Crippen LogP contribution is -2.29. The summed E-state index contributed by atoms with van der Waals surface area (Å²) in [5.74, 6) is 0.748. The standard InChI is InChI=1S/C17H21NO4S/c1-4-21-16(20)10-15-18(14(19)11-23-15)8-9-22-17-12(2)6-5-7-13(17)3/h5-7,10H,4,8-9,11H2,1-3H3/b15-10-. The summed E-state index contributed by atoms with van der Waals surface area (Å²) in [5.41, 5.74) is 2.13. The van der Waals surface area contributed by atoms with Gasteiger partial charge in [0.15, 0.2) is 0 Å². The first-order valence-corrected chi connectivity index (χ1v) is 8.52. The topological polar surface area (TPSA) is 55.8 Å². The van der Waals surface area contributed by atoms with Gasteiger partial charge in [-0.1, -0.05) is 30.0 Å². The average Bonchev–Trinajstić information content (AvgIpc) is 2.83. The molecule has 1 aliphatic rings. The Morgan fingerprint density at radius 1 is 1.35 bits per heavy atom. The van der Waals surface area contributed by atoms with Crippen LogP contribution in [0.1, 0.15) is 18.1 Å². The lowest BCUT2D eigenvalue weighted by atomic mass is 10.1. The number of hydrogen-bond acceptors (Lipinski definition) is 5. The molecular weight excluding hydrogens is 314 g/mol. The smallest absolute Gasteiger partial charge is 0.333 e. The fourth-order valence-electron chi connectivity index (χ4n) is 2.32. The van der Waals surface area contributed by atoms with Crippen LogP contribution in [0.5, 0.6) is 5.75 Å². The van der Waals surface area contributed by atoms with E-state index >= 15 is 0 Å². The monoisotopic (exact) mass is 335 g/mol. The van der Waals surface area contributed by atoms with Crippen LogP contribution in [-0.4, -0.2) is 42.3 Å². The van der Waals surface area contributed by atoms with Gasteiger partial charge in [0.2, 0.25) is 5.91 Å². The van der Waals surface area contributed by atoms with Crippen LogP contribution in [0.2, 0.25) is 0 Å². The highest BCUT2D eigenvalue weighted by Crippen LogP contribution is 2.29. The van der Waals surface area contributed by atoms with Crippen molar-refractivity contribution >= 4 is 23.6 Å². The molecule has 0 atom stereocenters. The summed E-state index contributed by atoms with van der Waals surface area (Å²) in [6.45, 7) is 6.83. The predicted molar refractivity (Wildman–Crippen MR) is 90.3 cm³/mol. The number of carbonyl (C=O) groups is 2. The number of nitrogens with zero attached hydrogens (tertiary/aromatic N) is 1. The van der Waals surface area contributed by atoms with Gasteiger partial charge in [0.25, 0.3) is 0 Å². The van der Waals surface area contributed by atoms with Gasteiger partial charge in [-0.3, -0.25) is 4.79 Å². The molecule has 0 spiro atoms. The van der Waals surface area contributed by atoms with Crippen LogP contribution in [0.25, 0.3) is 0 Å². The first kappa shape index (κ1) is 17.4. The molecule has 6 heteroatoms. The van der Waals surface area contributed by atoms with Crippen LogP contribution in [0.3, 0.4) is 0 Å². The molecule has 5 nitrogen and oxygen atoms in total. The minimum Gasteiger partial charge on any atom is -0.491 e. The highest BCUT2D eigenvalue weighted by atomic mass is 32.2. The Labute approximate surface area is 140 Å². The predicted octanol–water partition coefficient (Wildman–Crippen LogP) is 2.66. The van der Waals surface area contributed by atoms with Gasteiger partial charge in [0, 0.05) is 0 Å². The zero-order chi connectivity index (χ0) is 16.8. The highest BCUT2D eigenvalue weighted by Gasteiger charge is 2.27. The second kappa shape index (κ2) is 8.06. The quantitative estimate of drug-likeness (QED) is 0.591.